The van der Waals surface area contributed by atoms with Crippen LogP contribution < -0.4 is 5.32 Å². The summed E-state index contributed by atoms with van der Waals surface area (Å²) in [5.41, 5.74) is 2.05. The van der Waals surface area contributed by atoms with Crippen LogP contribution in [0.2, 0.25) is 0 Å². The van der Waals surface area contributed by atoms with Crippen LogP contribution in [0, 0.1) is 0 Å². The molecule has 1 N–H and O–H groups in total. The van der Waals surface area contributed by atoms with Crippen molar-refractivity contribution in [3.63, 3.8) is 0 Å². The topological polar surface area (TPSA) is 52.0 Å². The van der Waals surface area contributed by atoms with Gasteiger partial charge in [0.25, 0.3) is 0 Å². The summed E-state index contributed by atoms with van der Waals surface area (Å²) in [5.74, 6) is 1.01. The number of ether oxygens (including phenoxy) is 1. The molecule has 2 heterocycles. The fraction of sp³-hybridized carbons (Fsp3) is 0.455. The largest absolute Gasteiger partial charge is 0.383 e. The van der Waals surface area contributed by atoms with Crippen LogP contribution in [-0.2, 0) is 18.3 Å². The lowest BCUT2D eigenvalue weighted by Crippen LogP contribution is -2.20. The number of aromatic nitrogens is 3. The first-order chi connectivity index (χ1) is 7.83. The van der Waals surface area contributed by atoms with Crippen LogP contribution in [0.25, 0.3) is 11.0 Å². The normalized spacial score (nSPS) is 11.1. The zero-order valence-corrected chi connectivity index (χ0v) is 9.60. The van der Waals surface area contributed by atoms with Gasteiger partial charge in [-0.15, -0.1) is 0 Å². The summed E-state index contributed by atoms with van der Waals surface area (Å²) in [6.45, 7) is 2.29. The van der Waals surface area contributed by atoms with Crippen LogP contribution in [-0.4, -0.2) is 34.8 Å². The third kappa shape index (κ3) is 2.20. The lowest BCUT2D eigenvalue weighted by Gasteiger charge is -2.04. The first-order valence-electron chi connectivity index (χ1n) is 5.28. The fourth-order valence-electron chi connectivity index (χ4n) is 1.63. The molecule has 0 radical (unpaired) electrons. The minimum atomic E-state index is 0.714. The molecule has 2 aromatic heterocycles. The van der Waals surface area contributed by atoms with Gasteiger partial charge in [-0.25, -0.2) is 4.98 Å². The van der Waals surface area contributed by atoms with E-state index in [1.807, 2.05) is 13.1 Å². The molecule has 0 amide bonds. The molecule has 0 aromatic carbocycles. The minimum Gasteiger partial charge on any atom is -0.383 e. The van der Waals surface area contributed by atoms with Crippen molar-refractivity contribution in [3.8, 4) is 0 Å². The van der Waals surface area contributed by atoms with Crippen molar-refractivity contribution in [2.45, 2.75) is 6.54 Å². The molecule has 0 aliphatic rings. The van der Waals surface area contributed by atoms with Crippen LogP contribution in [0.3, 0.4) is 0 Å². The molecule has 2 aromatic rings. The van der Waals surface area contributed by atoms with E-state index in [1.54, 1.807) is 19.5 Å². The molecular formula is C11H16N4O. The average Bonchev–Trinajstić information content (AvgIpc) is 2.63. The highest BCUT2D eigenvalue weighted by molar-refractivity contribution is 5.74. The summed E-state index contributed by atoms with van der Waals surface area (Å²) in [6, 6.07) is 1.97. The van der Waals surface area contributed by atoms with E-state index in [-0.39, 0.29) is 0 Å². The van der Waals surface area contributed by atoms with E-state index in [2.05, 4.69) is 19.9 Å². The average molecular weight is 220 g/mol. The van der Waals surface area contributed by atoms with Crippen LogP contribution >= 0.6 is 0 Å². The Morgan fingerprint density at radius 1 is 1.50 bits per heavy atom. The van der Waals surface area contributed by atoms with Crippen molar-refractivity contribution in [1.29, 1.82) is 0 Å². The Hall–Kier alpha value is -1.46. The highest BCUT2D eigenvalue weighted by Gasteiger charge is 2.06. The standard InChI is InChI=1S/C11H16N4O/c1-15-10-3-4-12-7-9(10)14-11(15)8-13-5-6-16-2/h3-4,7,13H,5-6,8H2,1-2H3. The van der Waals surface area contributed by atoms with Crippen LogP contribution in [0.5, 0.6) is 0 Å². The van der Waals surface area contributed by atoms with Gasteiger partial charge >= 0.3 is 0 Å². The molecule has 5 nitrogen and oxygen atoms in total. The van der Waals surface area contributed by atoms with Gasteiger partial charge in [-0.3, -0.25) is 4.98 Å². The molecule has 0 saturated heterocycles. The molecule has 5 heteroatoms. The number of fused-ring (bicyclic) bond motifs is 1. The number of imidazole rings is 1. The smallest absolute Gasteiger partial charge is 0.123 e. The lowest BCUT2D eigenvalue weighted by atomic mass is 10.4. The number of nitrogens with zero attached hydrogens (tertiary/aromatic N) is 3. The maximum Gasteiger partial charge on any atom is 0.123 e. The van der Waals surface area contributed by atoms with Gasteiger partial charge in [0, 0.05) is 26.9 Å². The van der Waals surface area contributed by atoms with Crippen molar-refractivity contribution in [2.24, 2.45) is 7.05 Å². The van der Waals surface area contributed by atoms with E-state index in [1.165, 1.54) is 0 Å². The predicted molar refractivity (Wildman–Crippen MR) is 62.1 cm³/mol. The van der Waals surface area contributed by atoms with Crippen molar-refractivity contribution in [2.75, 3.05) is 20.3 Å². The van der Waals surface area contributed by atoms with Gasteiger partial charge in [0.15, 0.2) is 0 Å². The zero-order valence-electron chi connectivity index (χ0n) is 9.60. The molecule has 0 atom stereocenters. The second-order valence-electron chi connectivity index (χ2n) is 3.62. The summed E-state index contributed by atoms with van der Waals surface area (Å²) < 4.78 is 7.05. The Morgan fingerprint density at radius 3 is 3.12 bits per heavy atom. The number of hydrogen-bond acceptors (Lipinski definition) is 4. The van der Waals surface area contributed by atoms with Gasteiger partial charge < -0.3 is 14.6 Å². The van der Waals surface area contributed by atoms with Crippen LogP contribution in [0.1, 0.15) is 5.82 Å². The number of nitrogens with one attached hydrogen (secondary N) is 1. The highest BCUT2D eigenvalue weighted by atomic mass is 16.5. The summed E-state index contributed by atoms with van der Waals surface area (Å²) in [7, 11) is 3.71. The molecule has 0 bridgehead atoms. The third-order valence-electron chi connectivity index (χ3n) is 2.54. The molecule has 0 spiro atoms. The summed E-state index contributed by atoms with van der Waals surface area (Å²) in [5, 5.41) is 3.28. The van der Waals surface area contributed by atoms with E-state index in [0.717, 1.165) is 29.9 Å². The Morgan fingerprint density at radius 2 is 2.38 bits per heavy atom. The van der Waals surface area contributed by atoms with E-state index in [9.17, 15) is 0 Å². The van der Waals surface area contributed by atoms with Gasteiger partial charge in [-0.2, -0.15) is 0 Å². The van der Waals surface area contributed by atoms with Crippen molar-refractivity contribution < 1.29 is 4.74 Å². The van der Waals surface area contributed by atoms with Gasteiger partial charge in [0.05, 0.1) is 24.9 Å². The number of methoxy groups -OCH3 is 1. The number of aryl methyl sites for hydroxylation is 1. The van der Waals surface area contributed by atoms with Gasteiger partial charge in [0.1, 0.15) is 11.3 Å². The third-order valence-corrected chi connectivity index (χ3v) is 2.54. The van der Waals surface area contributed by atoms with Gasteiger partial charge in [0.2, 0.25) is 0 Å². The van der Waals surface area contributed by atoms with Crippen LogP contribution in [0.4, 0.5) is 0 Å². The van der Waals surface area contributed by atoms with E-state index in [4.69, 9.17) is 4.74 Å². The summed E-state index contributed by atoms with van der Waals surface area (Å²) in [4.78, 5) is 8.57. The molecule has 0 saturated carbocycles. The van der Waals surface area contributed by atoms with Gasteiger partial charge in [-0.05, 0) is 6.07 Å². The Balaban J connectivity index is 2.09. The van der Waals surface area contributed by atoms with Crippen molar-refractivity contribution >= 4 is 11.0 Å². The zero-order chi connectivity index (χ0) is 11.4. The first-order valence-corrected chi connectivity index (χ1v) is 5.28. The van der Waals surface area contributed by atoms with Crippen molar-refractivity contribution in [1.82, 2.24) is 19.9 Å². The molecule has 0 unspecified atom stereocenters. The van der Waals surface area contributed by atoms with E-state index >= 15 is 0 Å². The monoisotopic (exact) mass is 220 g/mol. The fourth-order valence-corrected chi connectivity index (χ4v) is 1.63. The Labute approximate surface area is 94.5 Å². The molecule has 86 valence electrons. The Bertz CT molecular complexity index is 466. The lowest BCUT2D eigenvalue weighted by molar-refractivity contribution is 0.199. The Kier molecular flexibility index (Phi) is 3.48. The molecule has 2 rings (SSSR count). The minimum absolute atomic E-state index is 0.714. The van der Waals surface area contributed by atoms with E-state index in [0.29, 0.717) is 6.61 Å². The molecule has 16 heavy (non-hydrogen) atoms. The maximum absolute atomic E-state index is 4.97. The summed E-state index contributed by atoms with van der Waals surface area (Å²) in [6.07, 6.45) is 3.57. The molecule has 0 fully saturated rings. The predicted octanol–water partition coefficient (Wildman–Crippen LogP) is 0.704. The number of rotatable bonds is 5. The molecular weight excluding hydrogens is 204 g/mol. The van der Waals surface area contributed by atoms with Gasteiger partial charge in [-0.1, -0.05) is 0 Å². The highest BCUT2D eigenvalue weighted by Crippen LogP contribution is 2.12. The van der Waals surface area contributed by atoms with Crippen LogP contribution in [0.15, 0.2) is 18.5 Å². The van der Waals surface area contributed by atoms with E-state index < -0.39 is 0 Å². The SMILES string of the molecule is COCCNCc1nc2cnccc2n1C. The van der Waals surface area contributed by atoms with Crippen molar-refractivity contribution in [3.05, 3.63) is 24.3 Å². The quantitative estimate of drug-likeness (QED) is 0.754. The maximum atomic E-state index is 4.97. The first kappa shape index (κ1) is 11.0. The number of hydrogen-bond donors (Lipinski definition) is 1. The molecule has 0 aliphatic heterocycles. The summed E-state index contributed by atoms with van der Waals surface area (Å²) >= 11 is 0. The second kappa shape index (κ2) is 5.05. The second-order valence-corrected chi connectivity index (χ2v) is 3.62. The number of pyridine rings is 1. The molecule has 0 aliphatic carbocycles.